The molecule has 0 aliphatic carbocycles. The predicted octanol–water partition coefficient (Wildman–Crippen LogP) is 5.36. The normalized spacial score (nSPS) is 17.5. The molecule has 1 aliphatic heterocycles. The van der Waals surface area contributed by atoms with Crippen LogP contribution in [-0.2, 0) is 24.8 Å². The first-order chi connectivity index (χ1) is 17.1. The molecule has 2 heterocycles. The van der Waals surface area contributed by atoms with Crippen molar-refractivity contribution in [3.63, 3.8) is 0 Å². The Morgan fingerprint density at radius 3 is 2.50 bits per heavy atom. The van der Waals surface area contributed by atoms with Crippen LogP contribution in [0.2, 0.25) is 0 Å². The number of aliphatic hydroxyl groups is 1. The van der Waals surface area contributed by atoms with Crippen LogP contribution in [0.1, 0.15) is 40.2 Å². The van der Waals surface area contributed by atoms with Gasteiger partial charge in [0.15, 0.2) is 0 Å². The highest BCUT2D eigenvalue weighted by atomic mass is 32.2. The van der Waals surface area contributed by atoms with E-state index < -0.39 is 35.0 Å². The first kappa shape index (κ1) is 26.8. The van der Waals surface area contributed by atoms with Crippen molar-refractivity contribution in [2.45, 2.75) is 49.9 Å². The van der Waals surface area contributed by atoms with Gasteiger partial charge in [-0.1, -0.05) is 36.5 Å². The third-order valence-electron chi connectivity index (χ3n) is 5.93. The van der Waals surface area contributed by atoms with Crippen LogP contribution in [0.3, 0.4) is 0 Å². The molecular weight excluding hydrogens is 519 g/mol. The summed E-state index contributed by atoms with van der Waals surface area (Å²) in [5.74, 6) is 0.128. The van der Waals surface area contributed by atoms with Crippen LogP contribution in [0, 0.1) is 11.6 Å². The van der Waals surface area contributed by atoms with E-state index in [-0.39, 0.29) is 29.7 Å². The number of nitrogens with zero attached hydrogens (tertiary/aromatic N) is 2. The van der Waals surface area contributed by atoms with Gasteiger partial charge in [-0.15, -0.1) is 10.2 Å². The van der Waals surface area contributed by atoms with Crippen LogP contribution < -0.4 is 10.6 Å². The van der Waals surface area contributed by atoms with E-state index in [0.29, 0.717) is 11.3 Å². The number of benzene rings is 2. The Hall–Kier alpha value is -2.28. The number of alkyl halides is 3. The van der Waals surface area contributed by atoms with E-state index in [9.17, 15) is 27.1 Å². The number of aromatic nitrogens is 2. The highest BCUT2D eigenvalue weighted by Gasteiger charge is 2.36. The molecule has 5 nitrogen and oxygen atoms in total. The van der Waals surface area contributed by atoms with Gasteiger partial charge in [0.2, 0.25) is 10.1 Å². The fourth-order valence-electron chi connectivity index (χ4n) is 4.09. The number of fused-ring (bicyclic) bond motifs is 1. The van der Waals surface area contributed by atoms with Crippen molar-refractivity contribution < 1.29 is 27.1 Å². The third kappa shape index (κ3) is 6.72. The largest absolute Gasteiger partial charge is 0.445 e. The number of hydrogen-bond donors (Lipinski definition) is 3. The fraction of sp³-hybridized carbons (Fsp3) is 0.417. The highest BCUT2D eigenvalue weighted by molar-refractivity contribution is 7.98. The van der Waals surface area contributed by atoms with Crippen molar-refractivity contribution in [1.82, 2.24) is 15.5 Å². The molecule has 3 unspecified atom stereocenters. The molecule has 2 aromatic carbocycles. The second-order valence-corrected chi connectivity index (χ2v) is 10.6. The predicted molar refractivity (Wildman–Crippen MR) is 131 cm³/mol. The Bertz CT molecular complexity index is 1170. The molecule has 1 aliphatic rings. The van der Waals surface area contributed by atoms with Crippen molar-refractivity contribution in [2.24, 2.45) is 0 Å². The van der Waals surface area contributed by atoms with Gasteiger partial charge < -0.3 is 15.7 Å². The molecule has 1 aromatic heterocycles. The summed E-state index contributed by atoms with van der Waals surface area (Å²) in [5, 5.41) is 22.6. The summed E-state index contributed by atoms with van der Waals surface area (Å²) in [4.78, 5) is 0. The van der Waals surface area contributed by atoms with Gasteiger partial charge >= 0.3 is 6.18 Å². The second kappa shape index (κ2) is 11.4. The van der Waals surface area contributed by atoms with Gasteiger partial charge in [0.05, 0.1) is 12.1 Å². The molecule has 194 valence electrons. The Labute approximate surface area is 213 Å². The number of aliphatic hydroxyl groups excluding tert-OH is 1. The minimum atomic E-state index is -4.65. The number of anilines is 1. The minimum Gasteiger partial charge on any atom is -0.390 e. The van der Waals surface area contributed by atoms with Crippen LogP contribution in [0.5, 0.6) is 0 Å². The molecule has 0 fully saturated rings. The summed E-state index contributed by atoms with van der Waals surface area (Å²) < 4.78 is 66.4. The number of rotatable bonds is 9. The molecule has 0 bridgehead atoms. The molecule has 0 radical (unpaired) electrons. The standard InChI is InChI=1S/C24H25F5N4OS2/c1-2-13-3-4-15-11-35-12-20(18(15)7-13)30-10-21(34)19(8-14-5-16(25)9-17(26)6-14)31-23-33-32-22(36-23)24(27,28)29/h3-7,9,19-21,30,34H,2,8,10-12H2,1H3,(H,31,33). The average Bonchev–Trinajstić information content (AvgIpc) is 3.30. The molecule has 3 aromatic rings. The lowest BCUT2D eigenvalue weighted by Gasteiger charge is -2.30. The zero-order valence-electron chi connectivity index (χ0n) is 19.3. The van der Waals surface area contributed by atoms with Crippen molar-refractivity contribution in [3.05, 3.63) is 75.3 Å². The Morgan fingerprint density at radius 2 is 1.83 bits per heavy atom. The molecule has 0 amide bonds. The maximum absolute atomic E-state index is 13.8. The maximum atomic E-state index is 13.8. The molecule has 3 N–H and O–H groups in total. The van der Waals surface area contributed by atoms with Crippen molar-refractivity contribution in [1.29, 1.82) is 0 Å². The van der Waals surface area contributed by atoms with E-state index in [1.165, 1.54) is 11.1 Å². The van der Waals surface area contributed by atoms with Crippen LogP contribution in [0.25, 0.3) is 0 Å². The topological polar surface area (TPSA) is 70.1 Å². The van der Waals surface area contributed by atoms with E-state index in [1.54, 1.807) is 11.8 Å². The lowest BCUT2D eigenvalue weighted by Crippen LogP contribution is -2.44. The quantitative estimate of drug-likeness (QED) is 0.315. The summed E-state index contributed by atoms with van der Waals surface area (Å²) in [6, 6.07) is 8.44. The second-order valence-electron chi connectivity index (χ2n) is 8.57. The number of aryl methyl sites for hydroxylation is 1. The molecule has 4 rings (SSSR count). The number of halogens is 5. The molecule has 36 heavy (non-hydrogen) atoms. The van der Waals surface area contributed by atoms with Gasteiger partial charge in [-0.2, -0.15) is 24.9 Å². The third-order valence-corrected chi connectivity index (χ3v) is 7.91. The van der Waals surface area contributed by atoms with Crippen LogP contribution in [0.4, 0.5) is 27.1 Å². The SMILES string of the molecule is CCc1ccc2c(c1)C(NCC(O)C(Cc1cc(F)cc(F)c1)Nc1nnc(C(F)(F)F)s1)CSC2. The zero-order valence-corrected chi connectivity index (χ0v) is 20.9. The summed E-state index contributed by atoms with van der Waals surface area (Å²) in [6.07, 6.45) is -4.91. The summed E-state index contributed by atoms with van der Waals surface area (Å²) in [6.45, 7) is 2.18. The fourth-order valence-corrected chi connectivity index (χ4v) is 5.90. The van der Waals surface area contributed by atoms with Gasteiger partial charge in [0.25, 0.3) is 0 Å². The molecule has 0 saturated carbocycles. The summed E-state index contributed by atoms with van der Waals surface area (Å²) >= 11 is 2.07. The van der Waals surface area contributed by atoms with E-state index in [0.717, 1.165) is 41.7 Å². The van der Waals surface area contributed by atoms with E-state index >= 15 is 0 Å². The lowest BCUT2D eigenvalue weighted by molar-refractivity contribution is -0.138. The summed E-state index contributed by atoms with van der Waals surface area (Å²) in [5.41, 5.74) is 3.83. The van der Waals surface area contributed by atoms with Crippen molar-refractivity contribution in [3.8, 4) is 0 Å². The lowest BCUT2D eigenvalue weighted by atomic mass is 9.97. The van der Waals surface area contributed by atoms with Crippen LogP contribution in [-0.4, -0.2) is 39.7 Å². The number of hydrogen-bond acceptors (Lipinski definition) is 7. The Morgan fingerprint density at radius 1 is 1.08 bits per heavy atom. The van der Waals surface area contributed by atoms with Gasteiger partial charge in [-0.05, 0) is 47.2 Å². The number of nitrogens with one attached hydrogen (secondary N) is 2. The van der Waals surface area contributed by atoms with Crippen LogP contribution >= 0.6 is 23.1 Å². The highest BCUT2D eigenvalue weighted by Crippen LogP contribution is 2.34. The Kier molecular flexibility index (Phi) is 8.48. The molecule has 0 saturated heterocycles. The van der Waals surface area contributed by atoms with E-state index in [1.807, 2.05) is 0 Å². The molecule has 3 atom stereocenters. The van der Waals surface area contributed by atoms with E-state index in [2.05, 4.69) is 46.0 Å². The van der Waals surface area contributed by atoms with Gasteiger partial charge in [0.1, 0.15) is 11.6 Å². The van der Waals surface area contributed by atoms with Gasteiger partial charge in [-0.25, -0.2) is 8.78 Å². The monoisotopic (exact) mass is 544 g/mol. The van der Waals surface area contributed by atoms with Gasteiger partial charge in [0, 0.05) is 30.2 Å². The molecule has 12 heteroatoms. The maximum Gasteiger partial charge on any atom is 0.445 e. The van der Waals surface area contributed by atoms with E-state index in [4.69, 9.17) is 0 Å². The summed E-state index contributed by atoms with van der Waals surface area (Å²) in [7, 11) is 0. The van der Waals surface area contributed by atoms with Crippen molar-refractivity contribution >= 4 is 28.2 Å². The minimum absolute atomic E-state index is 0.0227. The zero-order chi connectivity index (χ0) is 25.9. The average molecular weight is 545 g/mol. The van der Waals surface area contributed by atoms with Crippen molar-refractivity contribution in [2.75, 3.05) is 17.6 Å². The molecule has 0 spiro atoms. The first-order valence-corrected chi connectivity index (χ1v) is 13.3. The smallest absolute Gasteiger partial charge is 0.390 e. The Balaban J connectivity index is 1.51. The first-order valence-electron chi connectivity index (χ1n) is 11.4. The number of thioether (sulfide) groups is 1. The van der Waals surface area contributed by atoms with Crippen LogP contribution in [0.15, 0.2) is 36.4 Å². The molecular formula is C24H25F5N4OS2. The van der Waals surface area contributed by atoms with Gasteiger partial charge in [-0.3, -0.25) is 0 Å².